The molecule has 0 aromatic heterocycles. The van der Waals surface area contributed by atoms with Crippen molar-refractivity contribution >= 4 is 11.8 Å². The molecule has 0 spiro atoms. The Hall–Kier alpha value is -1.10. The van der Waals surface area contributed by atoms with E-state index in [1.54, 1.807) is 4.90 Å². The van der Waals surface area contributed by atoms with Gasteiger partial charge in [-0.15, -0.1) is 0 Å². The van der Waals surface area contributed by atoms with Crippen LogP contribution in [0, 0.1) is 5.92 Å². The van der Waals surface area contributed by atoms with E-state index in [9.17, 15) is 9.59 Å². The van der Waals surface area contributed by atoms with Crippen molar-refractivity contribution in [3.63, 3.8) is 0 Å². The fourth-order valence-electron chi connectivity index (χ4n) is 3.24. The molecule has 0 aromatic carbocycles. The van der Waals surface area contributed by atoms with Gasteiger partial charge in [-0.3, -0.25) is 9.59 Å². The lowest BCUT2D eigenvalue weighted by Crippen LogP contribution is -2.44. The highest BCUT2D eigenvalue weighted by atomic mass is 16.2. The van der Waals surface area contributed by atoms with Crippen LogP contribution in [0.1, 0.15) is 44.9 Å². The normalized spacial score (nSPS) is 32.5. The number of primary amides is 1. The summed E-state index contributed by atoms with van der Waals surface area (Å²) in [5.41, 5.74) is 11.3. The Kier molecular flexibility index (Phi) is 4.22. The van der Waals surface area contributed by atoms with Crippen LogP contribution in [0.3, 0.4) is 0 Å². The van der Waals surface area contributed by atoms with Gasteiger partial charge in [0.1, 0.15) is 6.04 Å². The van der Waals surface area contributed by atoms with Gasteiger partial charge in [0.05, 0.1) is 0 Å². The molecule has 0 bridgehead atoms. The Balaban J connectivity index is 1.89. The second-order valence-corrected chi connectivity index (χ2v) is 5.64. The second-order valence-electron chi connectivity index (χ2n) is 5.64. The standard InChI is InChI=1S/C13H23N3O2/c14-10-4-1-3-9(7-10)8-12(17)16-6-2-5-11(16)13(15)18/h9-11H,1-8,14H2,(H2,15,18). The molecule has 1 aliphatic heterocycles. The molecule has 1 aliphatic carbocycles. The fraction of sp³-hybridized carbons (Fsp3) is 0.846. The predicted octanol–water partition coefficient (Wildman–Crippen LogP) is 0.370. The first-order chi connectivity index (χ1) is 8.58. The van der Waals surface area contributed by atoms with Crippen molar-refractivity contribution in [2.45, 2.75) is 57.0 Å². The first-order valence-electron chi connectivity index (χ1n) is 6.92. The predicted molar refractivity (Wildman–Crippen MR) is 68.5 cm³/mol. The van der Waals surface area contributed by atoms with Gasteiger partial charge in [-0.1, -0.05) is 6.42 Å². The average Bonchev–Trinajstić information content (AvgIpc) is 2.77. The molecule has 5 heteroatoms. The second kappa shape index (κ2) is 5.69. The number of hydrogen-bond donors (Lipinski definition) is 2. The molecular weight excluding hydrogens is 230 g/mol. The smallest absolute Gasteiger partial charge is 0.240 e. The maximum Gasteiger partial charge on any atom is 0.240 e. The van der Waals surface area contributed by atoms with E-state index in [2.05, 4.69) is 0 Å². The minimum atomic E-state index is -0.380. The number of nitrogens with two attached hydrogens (primary N) is 2. The maximum atomic E-state index is 12.2. The minimum Gasteiger partial charge on any atom is -0.368 e. The molecule has 102 valence electrons. The summed E-state index contributed by atoms with van der Waals surface area (Å²) in [6.07, 6.45) is 6.30. The van der Waals surface area contributed by atoms with Crippen LogP contribution in [0.4, 0.5) is 0 Å². The summed E-state index contributed by atoms with van der Waals surface area (Å²) in [5, 5.41) is 0. The Morgan fingerprint density at radius 2 is 1.94 bits per heavy atom. The van der Waals surface area contributed by atoms with Crippen LogP contribution < -0.4 is 11.5 Å². The SMILES string of the molecule is NC(=O)C1CCCN1C(=O)CC1CCCC(N)C1. The van der Waals surface area contributed by atoms with E-state index in [0.29, 0.717) is 25.3 Å². The fourth-order valence-corrected chi connectivity index (χ4v) is 3.24. The molecule has 0 radical (unpaired) electrons. The summed E-state index contributed by atoms with van der Waals surface area (Å²) in [6.45, 7) is 0.672. The summed E-state index contributed by atoms with van der Waals surface area (Å²) >= 11 is 0. The molecule has 2 amide bonds. The Labute approximate surface area is 108 Å². The van der Waals surface area contributed by atoms with Gasteiger partial charge in [0.15, 0.2) is 0 Å². The van der Waals surface area contributed by atoms with Gasteiger partial charge < -0.3 is 16.4 Å². The molecular formula is C13H23N3O2. The summed E-state index contributed by atoms with van der Waals surface area (Å²) in [7, 11) is 0. The number of likely N-dealkylation sites (tertiary alicyclic amines) is 1. The van der Waals surface area contributed by atoms with Crippen LogP contribution in [-0.2, 0) is 9.59 Å². The number of carbonyl (C=O) groups is 2. The third kappa shape index (κ3) is 3.02. The largest absolute Gasteiger partial charge is 0.368 e. The Morgan fingerprint density at radius 3 is 2.61 bits per heavy atom. The molecule has 3 atom stereocenters. The first-order valence-corrected chi connectivity index (χ1v) is 6.92. The quantitative estimate of drug-likeness (QED) is 0.761. The van der Waals surface area contributed by atoms with Crippen LogP contribution in [0.25, 0.3) is 0 Å². The third-order valence-electron chi connectivity index (χ3n) is 4.19. The third-order valence-corrected chi connectivity index (χ3v) is 4.19. The van der Waals surface area contributed by atoms with Gasteiger partial charge in [-0.05, 0) is 38.0 Å². The van der Waals surface area contributed by atoms with Gasteiger partial charge in [-0.25, -0.2) is 0 Å². The number of carbonyl (C=O) groups excluding carboxylic acids is 2. The Morgan fingerprint density at radius 1 is 1.17 bits per heavy atom. The molecule has 18 heavy (non-hydrogen) atoms. The summed E-state index contributed by atoms with van der Waals surface area (Å²) in [4.78, 5) is 25.2. The zero-order valence-electron chi connectivity index (χ0n) is 10.8. The van der Waals surface area contributed by atoms with Crippen LogP contribution in [0.2, 0.25) is 0 Å². The van der Waals surface area contributed by atoms with E-state index in [1.807, 2.05) is 0 Å². The van der Waals surface area contributed by atoms with Gasteiger partial charge >= 0.3 is 0 Å². The molecule has 1 saturated carbocycles. The molecule has 1 saturated heterocycles. The highest BCUT2D eigenvalue weighted by Gasteiger charge is 2.33. The van der Waals surface area contributed by atoms with Crippen molar-refractivity contribution in [3.8, 4) is 0 Å². The number of amides is 2. The van der Waals surface area contributed by atoms with Crippen LogP contribution >= 0.6 is 0 Å². The lowest BCUT2D eigenvalue weighted by Gasteiger charge is -2.29. The number of rotatable bonds is 3. The van der Waals surface area contributed by atoms with Crippen LogP contribution in [0.15, 0.2) is 0 Å². The zero-order valence-corrected chi connectivity index (χ0v) is 10.8. The van der Waals surface area contributed by atoms with E-state index in [-0.39, 0.29) is 23.9 Å². The topological polar surface area (TPSA) is 89.4 Å². The van der Waals surface area contributed by atoms with Gasteiger partial charge in [0, 0.05) is 19.0 Å². The van der Waals surface area contributed by atoms with Crippen molar-refractivity contribution in [1.82, 2.24) is 4.90 Å². The van der Waals surface area contributed by atoms with E-state index in [0.717, 1.165) is 32.1 Å². The highest BCUT2D eigenvalue weighted by molar-refractivity contribution is 5.87. The van der Waals surface area contributed by atoms with Crippen molar-refractivity contribution < 1.29 is 9.59 Å². The highest BCUT2D eigenvalue weighted by Crippen LogP contribution is 2.28. The van der Waals surface area contributed by atoms with E-state index in [4.69, 9.17) is 11.5 Å². The molecule has 4 N–H and O–H groups in total. The van der Waals surface area contributed by atoms with E-state index in [1.165, 1.54) is 0 Å². The van der Waals surface area contributed by atoms with Crippen molar-refractivity contribution in [2.24, 2.45) is 17.4 Å². The average molecular weight is 253 g/mol. The van der Waals surface area contributed by atoms with Crippen LogP contribution in [-0.4, -0.2) is 35.3 Å². The van der Waals surface area contributed by atoms with Crippen LogP contribution in [0.5, 0.6) is 0 Å². The molecule has 2 fully saturated rings. The Bertz CT molecular complexity index is 332. The summed E-state index contributed by atoms with van der Waals surface area (Å²) in [6, 6.07) is -0.142. The molecule has 5 nitrogen and oxygen atoms in total. The molecule has 1 heterocycles. The lowest BCUT2D eigenvalue weighted by molar-refractivity contribution is -0.138. The number of nitrogens with zero attached hydrogens (tertiary/aromatic N) is 1. The molecule has 0 aromatic rings. The van der Waals surface area contributed by atoms with Gasteiger partial charge in [-0.2, -0.15) is 0 Å². The van der Waals surface area contributed by atoms with E-state index >= 15 is 0 Å². The molecule has 3 unspecified atom stereocenters. The van der Waals surface area contributed by atoms with Crippen molar-refractivity contribution in [1.29, 1.82) is 0 Å². The van der Waals surface area contributed by atoms with E-state index < -0.39 is 0 Å². The monoisotopic (exact) mass is 253 g/mol. The summed E-state index contributed by atoms with van der Waals surface area (Å²) < 4.78 is 0. The lowest BCUT2D eigenvalue weighted by atomic mass is 9.84. The molecule has 2 aliphatic rings. The first kappa shape index (κ1) is 13.3. The summed E-state index contributed by atoms with van der Waals surface area (Å²) in [5.74, 6) is 0.0898. The molecule has 2 rings (SSSR count). The maximum absolute atomic E-state index is 12.2. The van der Waals surface area contributed by atoms with Crippen molar-refractivity contribution in [3.05, 3.63) is 0 Å². The van der Waals surface area contributed by atoms with Crippen molar-refractivity contribution in [2.75, 3.05) is 6.54 Å². The number of hydrogen-bond acceptors (Lipinski definition) is 3. The van der Waals surface area contributed by atoms with Gasteiger partial charge in [0.25, 0.3) is 0 Å². The van der Waals surface area contributed by atoms with Gasteiger partial charge in [0.2, 0.25) is 11.8 Å². The minimum absolute atomic E-state index is 0.0791. The zero-order chi connectivity index (χ0) is 13.1.